The number of hydrogen-bond acceptors (Lipinski definition) is 3. The molecule has 0 aromatic heterocycles. The Morgan fingerprint density at radius 3 is 2.62 bits per heavy atom. The van der Waals surface area contributed by atoms with Crippen LogP contribution in [0, 0.1) is 17.8 Å². The molecule has 0 spiro atoms. The van der Waals surface area contributed by atoms with Crippen LogP contribution in [0.3, 0.4) is 0 Å². The molecule has 4 heteroatoms. The van der Waals surface area contributed by atoms with E-state index >= 15 is 0 Å². The Balaban J connectivity index is 1.56. The summed E-state index contributed by atoms with van der Waals surface area (Å²) in [6.45, 7) is 7.49. The van der Waals surface area contributed by atoms with Crippen molar-refractivity contribution >= 4 is 5.91 Å². The molecule has 1 aromatic carbocycles. The van der Waals surface area contributed by atoms with Gasteiger partial charge in [0, 0.05) is 25.7 Å². The van der Waals surface area contributed by atoms with Crippen LogP contribution in [0.25, 0.3) is 0 Å². The monoisotopic (exact) mass is 329 g/mol. The highest BCUT2D eigenvalue weighted by Crippen LogP contribution is 2.38. The van der Waals surface area contributed by atoms with E-state index in [-0.39, 0.29) is 11.9 Å². The molecular weight excluding hydrogens is 298 g/mol. The maximum atomic E-state index is 12.5. The summed E-state index contributed by atoms with van der Waals surface area (Å²) in [5.41, 5.74) is 1.38. The number of likely N-dealkylation sites (tertiary alicyclic amines) is 1. The molecule has 24 heavy (non-hydrogen) atoms. The predicted molar refractivity (Wildman–Crippen MR) is 97.5 cm³/mol. The number of fused-ring (bicyclic) bond motifs is 1. The zero-order chi connectivity index (χ0) is 17.1. The lowest BCUT2D eigenvalue weighted by atomic mass is 9.97. The molecule has 3 rings (SSSR count). The number of carbonyl (C=O) groups excluding carboxylic acids is 1. The van der Waals surface area contributed by atoms with E-state index in [0.717, 1.165) is 25.4 Å². The van der Waals surface area contributed by atoms with Crippen LogP contribution in [0.15, 0.2) is 30.3 Å². The van der Waals surface area contributed by atoms with Crippen LogP contribution >= 0.6 is 0 Å². The zero-order valence-corrected chi connectivity index (χ0v) is 15.2. The van der Waals surface area contributed by atoms with Crippen LogP contribution in [0.4, 0.5) is 0 Å². The van der Waals surface area contributed by atoms with Crippen LogP contribution in [0.5, 0.6) is 0 Å². The molecule has 0 radical (unpaired) electrons. The number of benzene rings is 1. The van der Waals surface area contributed by atoms with Gasteiger partial charge in [-0.05, 0) is 43.2 Å². The Bertz CT molecular complexity index is 545. The summed E-state index contributed by atoms with van der Waals surface area (Å²) in [6.07, 6.45) is 2.38. The third kappa shape index (κ3) is 3.81. The van der Waals surface area contributed by atoms with Crippen molar-refractivity contribution in [3.8, 4) is 0 Å². The molecule has 1 amide bonds. The first-order valence-corrected chi connectivity index (χ1v) is 9.32. The molecular formula is C20H31N3O. The van der Waals surface area contributed by atoms with Crippen LogP contribution in [0.1, 0.15) is 32.3 Å². The molecule has 1 saturated carbocycles. The van der Waals surface area contributed by atoms with Crippen LogP contribution < -0.4 is 10.6 Å². The summed E-state index contributed by atoms with van der Waals surface area (Å²) in [6, 6.07) is 10.9. The van der Waals surface area contributed by atoms with Gasteiger partial charge in [0.05, 0.1) is 6.04 Å². The van der Waals surface area contributed by atoms with Gasteiger partial charge in [0.2, 0.25) is 5.91 Å². The van der Waals surface area contributed by atoms with Gasteiger partial charge >= 0.3 is 0 Å². The topological polar surface area (TPSA) is 44.4 Å². The molecule has 2 fully saturated rings. The number of nitrogens with zero attached hydrogens (tertiary/aromatic N) is 1. The Hall–Kier alpha value is -1.39. The quantitative estimate of drug-likeness (QED) is 0.841. The Kier molecular flexibility index (Phi) is 5.57. The van der Waals surface area contributed by atoms with Crippen molar-refractivity contribution in [2.45, 2.75) is 45.3 Å². The highest BCUT2D eigenvalue weighted by molar-refractivity contribution is 5.82. The van der Waals surface area contributed by atoms with Gasteiger partial charge in [0.1, 0.15) is 0 Å². The summed E-state index contributed by atoms with van der Waals surface area (Å²) < 4.78 is 0. The van der Waals surface area contributed by atoms with Crippen molar-refractivity contribution in [1.29, 1.82) is 0 Å². The zero-order valence-electron chi connectivity index (χ0n) is 15.2. The van der Waals surface area contributed by atoms with Crippen molar-refractivity contribution in [1.82, 2.24) is 15.5 Å². The highest BCUT2D eigenvalue weighted by Gasteiger charge is 2.43. The molecule has 2 aliphatic rings. The Morgan fingerprint density at radius 2 is 1.96 bits per heavy atom. The SMILES string of the molecule is CN[C@H](C(=O)N[C@@H]1CC[C@H]2CN(Cc3ccccc3)C[C@H]21)C(C)C. The number of hydrogen-bond donors (Lipinski definition) is 2. The molecule has 0 unspecified atom stereocenters. The van der Waals surface area contributed by atoms with E-state index in [2.05, 4.69) is 59.7 Å². The van der Waals surface area contributed by atoms with Crippen LogP contribution in [-0.4, -0.2) is 43.0 Å². The number of nitrogens with one attached hydrogen (secondary N) is 2. The Labute approximate surface area is 146 Å². The van der Waals surface area contributed by atoms with E-state index < -0.39 is 0 Å². The van der Waals surface area contributed by atoms with Gasteiger partial charge in [-0.1, -0.05) is 44.2 Å². The maximum Gasteiger partial charge on any atom is 0.237 e. The first-order chi connectivity index (χ1) is 11.6. The lowest BCUT2D eigenvalue weighted by molar-refractivity contribution is -0.125. The molecule has 1 aliphatic carbocycles. The summed E-state index contributed by atoms with van der Waals surface area (Å²) in [5.74, 6) is 1.83. The van der Waals surface area contributed by atoms with E-state index in [1.807, 2.05) is 7.05 Å². The molecule has 1 saturated heterocycles. The molecule has 4 atom stereocenters. The molecule has 132 valence electrons. The van der Waals surface area contributed by atoms with Gasteiger partial charge in [-0.3, -0.25) is 9.69 Å². The number of rotatable bonds is 6. The number of carbonyl (C=O) groups is 1. The molecule has 0 bridgehead atoms. The van der Waals surface area contributed by atoms with E-state index in [4.69, 9.17) is 0 Å². The second kappa shape index (κ2) is 7.66. The Morgan fingerprint density at radius 1 is 1.21 bits per heavy atom. The van der Waals surface area contributed by atoms with Crippen molar-refractivity contribution in [3.63, 3.8) is 0 Å². The van der Waals surface area contributed by atoms with Crippen LogP contribution in [0.2, 0.25) is 0 Å². The van der Waals surface area contributed by atoms with E-state index in [1.54, 1.807) is 0 Å². The average Bonchev–Trinajstić information content (AvgIpc) is 3.10. The van der Waals surface area contributed by atoms with Crippen molar-refractivity contribution in [3.05, 3.63) is 35.9 Å². The highest BCUT2D eigenvalue weighted by atomic mass is 16.2. The summed E-state index contributed by atoms with van der Waals surface area (Å²) in [5, 5.41) is 6.49. The predicted octanol–water partition coefficient (Wildman–Crippen LogP) is 2.26. The van der Waals surface area contributed by atoms with Gasteiger partial charge in [-0.15, -0.1) is 0 Å². The van der Waals surface area contributed by atoms with E-state index in [9.17, 15) is 4.79 Å². The minimum absolute atomic E-state index is 0.0918. The first-order valence-electron chi connectivity index (χ1n) is 9.32. The summed E-state index contributed by atoms with van der Waals surface area (Å²) >= 11 is 0. The lowest BCUT2D eigenvalue weighted by Gasteiger charge is -2.26. The maximum absolute atomic E-state index is 12.5. The first kappa shape index (κ1) is 17.4. The number of amides is 1. The van der Waals surface area contributed by atoms with Crippen molar-refractivity contribution in [2.75, 3.05) is 20.1 Å². The summed E-state index contributed by atoms with van der Waals surface area (Å²) in [4.78, 5) is 15.1. The minimum Gasteiger partial charge on any atom is -0.352 e. The summed E-state index contributed by atoms with van der Waals surface area (Å²) in [7, 11) is 1.87. The smallest absolute Gasteiger partial charge is 0.237 e. The molecule has 4 nitrogen and oxygen atoms in total. The van der Waals surface area contributed by atoms with Crippen molar-refractivity contribution < 1.29 is 4.79 Å². The fourth-order valence-corrected chi connectivity index (χ4v) is 4.55. The lowest BCUT2D eigenvalue weighted by Crippen LogP contribution is -2.50. The normalized spacial score (nSPS) is 28.1. The standard InChI is InChI=1S/C20H31N3O/c1-14(2)19(21-3)20(24)22-18-10-9-16-12-23(13-17(16)18)11-15-7-5-4-6-8-15/h4-8,14,16-19,21H,9-13H2,1-3H3,(H,22,24)/t16-,17+,18+,19-/m0/s1. The molecule has 1 aliphatic heterocycles. The van der Waals surface area contributed by atoms with Gasteiger partial charge in [0.25, 0.3) is 0 Å². The van der Waals surface area contributed by atoms with Crippen molar-refractivity contribution in [2.24, 2.45) is 17.8 Å². The number of likely N-dealkylation sites (N-methyl/N-ethyl adjacent to an activating group) is 1. The third-order valence-corrected chi connectivity index (χ3v) is 5.77. The largest absolute Gasteiger partial charge is 0.352 e. The van der Waals surface area contributed by atoms with E-state index in [1.165, 1.54) is 18.5 Å². The second-order valence-corrected chi connectivity index (χ2v) is 7.81. The fourth-order valence-electron chi connectivity index (χ4n) is 4.55. The van der Waals surface area contributed by atoms with E-state index in [0.29, 0.717) is 17.9 Å². The average molecular weight is 329 g/mol. The molecule has 2 N–H and O–H groups in total. The van der Waals surface area contributed by atoms with Gasteiger partial charge in [-0.2, -0.15) is 0 Å². The molecule has 1 heterocycles. The third-order valence-electron chi connectivity index (χ3n) is 5.77. The fraction of sp³-hybridized carbons (Fsp3) is 0.650. The minimum atomic E-state index is -0.0918. The van der Waals surface area contributed by atoms with Crippen LogP contribution in [-0.2, 0) is 11.3 Å². The second-order valence-electron chi connectivity index (χ2n) is 7.81. The van der Waals surface area contributed by atoms with Gasteiger partial charge in [0.15, 0.2) is 0 Å². The van der Waals surface area contributed by atoms with Gasteiger partial charge in [-0.25, -0.2) is 0 Å². The molecule has 1 aromatic rings. The van der Waals surface area contributed by atoms with Gasteiger partial charge < -0.3 is 10.6 Å².